The van der Waals surface area contributed by atoms with Crippen molar-refractivity contribution in [2.24, 2.45) is 0 Å². The summed E-state index contributed by atoms with van der Waals surface area (Å²) in [6.07, 6.45) is 1.55. The van der Waals surface area contributed by atoms with Crippen molar-refractivity contribution in [2.45, 2.75) is 17.7 Å². The number of rotatable bonds is 6. The summed E-state index contributed by atoms with van der Waals surface area (Å²) >= 11 is 1.81. The second-order valence-corrected chi connectivity index (χ2v) is 5.22. The van der Waals surface area contributed by atoms with E-state index >= 15 is 0 Å². The summed E-state index contributed by atoms with van der Waals surface area (Å²) < 4.78 is 0. The fourth-order valence-electron chi connectivity index (χ4n) is 1.71. The van der Waals surface area contributed by atoms with E-state index in [-0.39, 0.29) is 5.78 Å². The fourth-order valence-corrected chi connectivity index (χ4v) is 2.58. The molecule has 0 N–H and O–H groups in total. The molecule has 2 rings (SSSR count). The Bertz CT molecular complexity index is 479. The number of benzene rings is 2. The van der Waals surface area contributed by atoms with Gasteiger partial charge in [0, 0.05) is 16.9 Å². The molecule has 0 aromatic heterocycles. The fraction of sp³-hybridized carbons (Fsp3) is 0.188. The van der Waals surface area contributed by atoms with Crippen LogP contribution < -0.4 is 0 Å². The topological polar surface area (TPSA) is 17.1 Å². The summed E-state index contributed by atoms with van der Waals surface area (Å²) in [6.45, 7) is 0. The van der Waals surface area contributed by atoms with Crippen LogP contribution in [0.5, 0.6) is 0 Å². The van der Waals surface area contributed by atoms with E-state index in [1.54, 1.807) is 11.8 Å². The molecule has 0 aliphatic rings. The first-order valence-corrected chi connectivity index (χ1v) is 7.11. The molecule has 0 fully saturated rings. The maximum Gasteiger partial charge on any atom is 0.162 e. The van der Waals surface area contributed by atoms with Gasteiger partial charge in [0.1, 0.15) is 0 Å². The number of carbonyl (C=O) groups is 1. The van der Waals surface area contributed by atoms with Gasteiger partial charge in [-0.3, -0.25) is 4.79 Å². The second kappa shape index (κ2) is 7.02. The van der Waals surface area contributed by atoms with Gasteiger partial charge in [0.2, 0.25) is 0 Å². The molecule has 0 aliphatic carbocycles. The van der Waals surface area contributed by atoms with Crippen LogP contribution in [0.4, 0.5) is 0 Å². The van der Waals surface area contributed by atoms with Crippen LogP contribution in [0.25, 0.3) is 0 Å². The van der Waals surface area contributed by atoms with Crippen LogP contribution in [-0.4, -0.2) is 11.5 Å². The first-order chi connectivity index (χ1) is 8.86. The van der Waals surface area contributed by atoms with Crippen molar-refractivity contribution in [3.05, 3.63) is 66.2 Å². The molecule has 0 spiro atoms. The van der Waals surface area contributed by atoms with E-state index in [1.165, 1.54) is 4.90 Å². The Labute approximate surface area is 112 Å². The Kier molecular flexibility index (Phi) is 5.03. The molecular weight excluding hydrogens is 240 g/mol. The number of carbonyl (C=O) groups excluding carboxylic acids is 1. The highest BCUT2D eigenvalue weighted by atomic mass is 32.2. The van der Waals surface area contributed by atoms with Gasteiger partial charge in [0.05, 0.1) is 0 Å². The molecule has 0 heterocycles. The lowest BCUT2D eigenvalue weighted by Gasteiger charge is -2.02. The first-order valence-electron chi connectivity index (χ1n) is 6.12. The molecule has 2 aromatic rings. The predicted octanol–water partition coefficient (Wildman–Crippen LogP) is 4.44. The summed E-state index contributed by atoms with van der Waals surface area (Å²) in [6, 6.07) is 19.8. The highest BCUT2D eigenvalue weighted by molar-refractivity contribution is 7.99. The van der Waals surface area contributed by atoms with Gasteiger partial charge in [-0.05, 0) is 24.3 Å². The number of hydrogen-bond donors (Lipinski definition) is 0. The van der Waals surface area contributed by atoms with Crippen LogP contribution in [0, 0.1) is 0 Å². The molecule has 0 saturated carbocycles. The largest absolute Gasteiger partial charge is 0.294 e. The molecule has 1 nitrogen and oxygen atoms in total. The molecule has 0 atom stereocenters. The van der Waals surface area contributed by atoms with Crippen LogP contribution in [0.3, 0.4) is 0 Å². The van der Waals surface area contributed by atoms with Gasteiger partial charge in [-0.15, -0.1) is 11.8 Å². The van der Waals surface area contributed by atoms with E-state index in [1.807, 2.05) is 48.5 Å². The average molecular weight is 256 g/mol. The molecule has 0 amide bonds. The van der Waals surface area contributed by atoms with Crippen LogP contribution in [-0.2, 0) is 0 Å². The zero-order valence-corrected chi connectivity index (χ0v) is 11.0. The monoisotopic (exact) mass is 256 g/mol. The Morgan fingerprint density at radius 3 is 2.17 bits per heavy atom. The maximum absolute atomic E-state index is 11.8. The molecule has 18 heavy (non-hydrogen) atoms. The minimum atomic E-state index is 0.240. The van der Waals surface area contributed by atoms with E-state index in [0.29, 0.717) is 6.42 Å². The molecule has 0 aliphatic heterocycles. The summed E-state index contributed by atoms with van der Waals surface area (Å²) in [5, 5.41) is 0. The van der Waals surface area contributed by atoms with Gasteiger partial charge >= 0.3 is 0 Å². The molecule has 0 saturated heterocycles. The lowest BCUT2D eigenvalue weighted by molar-refractivity contribution is 0.0982. The van der Waals surface area contributed by atoms with Crippen molar-refractivity contribution in [3.63, 3.8) is 0 Å². The minimum absolute atomic E-state index is 0.240. The van der Waals surface area contributed by atoms with Crippen molar-refractivity contribution >= 4 is 17.5 Å². The second-order valence-electron chi connectivity index (χ2n) is 4.05. The number of thioether (sulfide) groups is 1. The van der Waals surface area contributed by atoms with Crippen molar-refractivity contribution < 1.29 is 4.79 Å². The SMILES string of the molecule is O=C(CCCSc1ccccc1)c1ccccc1. The molecule has 0 bridgehead atoms. The Hall–Kier alpha value is -1.54. The molecule has 0 radical (unpaired) electrons. The molecule has 2 heteroatoms. The standard InChI is InChI=1S/C16H16OS/c17-16(14-8-3-1-4-9-14)12-7-13-18-15-10-5-2-6-11-15/h1-6,8-11H,7,12-13H2. The number of Topliss-reactive ketones (excluding diaryl/α,β-unsaturated/α-hetero) is 1. The lowest BCUT2D eigenvalue weighted by atomic mass is 10.1. The molecular formula is C16H16OS. The lowest BCUT2D eigenvalue weighted by Crippen LogP contribution is -1.98. The van der Waals surface area contributed by atoms with Crippen molar-refractivity contribution in [1.29, 1.82) is 0 Å². The quantitative estimate of drug-likeness (QED) is 0.432. The Morgan fingerprint density at radius 1 is 0.889 bits per heavy atom. The summed E-state index contributed by atoms with van der Waals surface area (Å²) in [5.74, 6) is 1.23. The number of ketones is 1. The first kappa shape index (κ1) is 12.9. The normalized spacial score (nSPS) is 10.2. The van der Waals surface area contributed by atoms with Gasteiger partial charge in [0.15, 0.2) is 5.78 Å². The van der Waals surface area contributed by atoms with Crippen LogP contribution in [0.1, 0.15) is 23.2 Å². The van der Waals surface area contributed by atoms with Crippen molar-refractivity contribution in [2.75, 3.05) is 5.75 Å². The van der Waals surface area contributed by atoms with E-state index in [4.69, 9.17) is 0 Å². The highest BCUT2D eigenvalue weighted by Gasteiger charge is 2.04. The van der Waals surface area contributed by atoms with Gasteiger partial charge in [-0.1, -0.05) is 48.5 Å². The van der Waals surface area contributed by atoms with Crippen LogP contribution >= 0.6 is 11.8 Å². The number of hydrogen-bond acceptors (Lipinski definition) is 2. The zero-order chi connectivity index (χ0) is 12.6. The van der Waals surface area contributed by atoms with Gasteiger partial charge < -0.3 is 0 Å². The van der Waals surface area contributed by atoms with Crippen molar-refractivity contribution in [1.82, 2.24) is 0 Å². The van der Waals surface area contributed by atoms with E-state index in [0.717, 1.165) is 17.7 Å². The third-order valence-electron chi connectivity index (χ3n) is 2.66. The van der Waals surface area contributed by atoms with Gasteiger partial charge in [-0.2, -0.15) is 0 Å². The predicted molar refractivity (Wildman–Crippen MR) is 77.2 cm³/mol. The van der Waals surface area contributed by atoms with E-state index in [9.17, 15) is 4.79 Å². The van der Waals surface area contributed by atoms with E-state index < -0.39 is 0 Å². The smallest absolute Gasteiger partial charge is 0.162 e. The summed E-state index contributed by atoms with van der Waals surface area (Å²) in [7, 11) is 0. The van der Waals surface area contributed by atoms with Gasteiger partial charge in [0.25, 0.3) is 0 Å². The van der Waals surface area contributed by atoms with Gasteiger partial charge in [-0.25, -0.2) is 0 Å². The third kappa shape index (κ3) is 4.04. The van der Waals surface area contributed by atoms with Crippen LogP contribution in [0.15, 0.2) is 65.6 Å². The Morgan fingerprint density at radius 2 is 1.50 bits per heavy atom. The molecule has 0 unspecified atom stereocenters. The zero-order valence-electron chi connectivity index (χ0n) is 10.2. The third-order valence-corrected chi connectivity index (χ3v) is 3.75. The summed E-state index contributed by atoms with van der Waals surface area (Å²) in [5.41, 5.74) is 0.821. The average Bonchev–Trinajstić information content (AvgIpc) is 2.45. The molecule has 2 aromatic carbocycles. The highest BCUT2D eigenvalue weighted by Crippen LogP contribution is 2.18. The van der Waals surface area contributed by atoms with Crippen LogP contribution in [0.2, 0.25) is 0 Å². The Balaban J connectivity index is 1.72. The molecule has 92 valence electrons. The maximum atomic E-state index is 11.8. The minimum Gasteiger partial charge on any atom is -0.294 e. The van der Waals surface area contributed by atoms with Crippen molar-refractivity contribution in [3.8, 4) is 0 Å². The van der Waals surface area contributed by atoms with E-state index in [2.05, 4.69) is 12.1 Å². The summed E-state index contributed by atoms with van der Waals surface area (Å²) in [4.78, 5) is 13.1.